The number of hydrogen-bond acceptors (Lipinski definition) is 2. The fourth-order valence-corrected chi connectivity index (χ4v) is 1.91. The Morgan fingerprint density at radius 1 is 1.56 bits per heavy atom. The van der Waals surface area contributed by atoms with Crippen LogP contribution in [0.4, 0.5) is 5.69 Å². The molecule has 0 radical (unpaired) electrons. The van der Waals surface area contributed by atoms with Crippen LogP contribution in [0.3, 0.4) is 0 Å². The number of carbonyl (C=O) groups is 1. The van der Waals surface area contributed by atoms with E-state index in [1.165, 1.54) is 12.8 Å². The van der Waals surface area contributed by atoms with Crippen molar-refractivity contribution >= 4 is 27.6 Å². The molecule has 0 aliphatic heterocycles. The summed E-state index contributed by atoms with van der Waals surface area (Å²) < 4.78 is 0.890. The van der Waals surface area contributed by atoms with Gasteiger partial charge in [-0.15, -0.1) is 0 Å². The van der Waals surface area contributed by atoms with E-state index in [4.69, 9.17) is 5.11 Å². The monoisotopic (exact) mass is 283 g/mol. The number of halogens is 1. The summed E-state index contributed by atoms with van der Waals surface area (Å²) in [5.41, 5.74) is 1.38. The highest BCUT2D eigenvalue weighted by molar-refractivity contribution is 9.10. The van der Waals surface area contributed by atoms with Crippen molar-refractivity contribution in [3.05, 3.63) is 28.2 Å². The van der Waals surface area contributed by atoms with Crippen LogP contribution >= 0.6 is 15.9 Å². The molecule has 0 aromatic heterocycles. The van der Waals surface area contributed by atoms with Gasteiger partial charge in [-0.05, 0) is 36.5 Å². The first kappa shape index (κ1) is 11.5. The first-order valence-corrected chi connectivity index (χ1v) is 6.06. The third kappa shape index (κ3) is 2.55. The standard InChI is InChI=1S/C12H14BrNO2/c1-12(4-5-12)7-14-10-6-8(13)2-3-9(10)11(15)16/h2-3,6,14H,4-5,7H2,1H3,(H,15,16). The van der Waals surface area contributed by atoms with Crippen LogP contribution in [0.25, 0.3) is 0 Å². The lowest BCUT2D eigenvalue weighted by Crippen LogP contribution is -2.14. The molecule has 0 unspecified atom stereocenters. The molecule has 1 aliphatic rings. The van der Waals surface area contributed by atoms with Crippen LogP contribution in [0.2, 0.25) is 0 Å². The second-order valence-corrected chi connectivity index (χ2v) is 5.57. The summed E-state index contributed by atoms with van der Waals surface area (Å²) in [6.07, 6.45) is 2.44. The first-order valence-electron chi connectivity index (χ1n) is 5.27. The van der Waals surface area contributed by atoms with Gasteiger partial charge < -0.3 is 10.4 Å². The summed E-state index contributed by atoms with van der Waals surface area (Å²) in [6.45, 7) is 3.04. The molecular weight excluding hydrogens is 270 g/mol. The van der Waals surface area contributed by atoms with Gasteiger partial charge in [-0.25, -0.2) is 4.79 Å². The van der Waals surface area contributed by atoms with E-state index >= 15 is 0 Å². The Kier molecular flexibility index (Phi) is 2.93. The maximum absolute atomic E-state index is 11.0. The van der Waals surface area contributed by atoms with Crippen molar-refractivity contribution in [1.29, 1.82) is 0 Å². The van der Waals surface area contributed by atoms with E-state index < -0.39 is 5.97 Å². The second kappa shape index (κ2) is 4.09. The van der Waals surface area contributed by atoms with Gasteiger partial charge in [-0.2, -0.15) is 0 Å². The number of carboxylic acid groups (broad SMARTS) is 1. The Hall–Kier alpha value is -1.03. The topological polar surface area (TPSA) is 49.3 Å². The number of benzene rings is 1. The lowest BCUT2D eigenvalue weighted by Gasteiger charge is -2.13. The highest BCUT2D eigenvalue weighted by Gasteiger charge is 2.36. The number of nitrogens with one attached hydrogen (secondary N) is 1. The number of anilines is 1. The van der Waals surface area contributed by atoms with Crippen LogP contribution in [-0.4, -0.2) is 17.6 Å². The van der Waals surface area contributed by atoms with E-state index in [0.29, 0.717) is 16.7 Å². The maximum atomic E-state index is 11.0. The van der Waals surface area contributed by atoms with Gasteiger partial charge in [0.15, 0.2) is 0 Å². The van der Waals surface area contributed by atoms with E-state index in [1.54, 1.807) is 12.1 Å². The third-order valence-corrected chi connectivity index (χ3v) is 3.51. The molecule has 0 saturated heterocycles. The van der Waals surface area contributed by atoms with Crippen molar-refractivity contribution in [3.8, 4) is 0 Å². The normalized spacial score (nSPS) is 16.9. The van der Waals surface area contributed by atoms with Crippen molar-refractivity contribution < 1.29 is 9.90 Å². The summed E-state index contributed by atoms with van der Waals surface area (Å²) in [7, 11) is 0. The van der Waals surface area contributed by atoms with E-state index in [0.717, 1.165) is 11.0 Å². The summed E-state index contributed by atoms with van der Waals surface area (Å²) in [5.74, 6) is -0.893. The Balaban J connectivity index is 2.16. The van der Waals surface area contributed by atoms with Crippen molar-refractivity contribution in [2.45, 2.75) is 19.8 Å². The summed E-state index contributed by atoms with van der Waals surface area (Å²) in [5, 5.41) is 12.3. The quantitative estimate of drug-likeness (QED) is 0.891. The highest BCUT2D eigenvalue weighted by atomic mass is 79.9. The molecule has 0 spiro atoms. The first-order chi connectivity index (χ1) is 7.50. The predicted octanol–water partition coefficient (Wildman–Crippen LogP) is 3.36. The zero-order valence-electron chi connectivity index (χ0n) is 9.09. The summed E-state index contributed by atoms with van der Waals surface area (Å²) in [4.78, 5) is 11.0. The van der Waals surface area contributed by atoms with Gasteiger partial charge >= 0.3 is 5.97 Å². The van der Waals surface area contributed by atoms with E-state index in [2.05, 4.69) is 28.2 Å². The minimum Gasteiger partial charge on any atom is -0.478 e. The predicted molar refractivity (Wildman–Crippen MR) is 66.9 cm³/mol. The molecule has 0 atom stereocenters. The Morgan fingerprint density at radius 3 is 2.81 bits per heavy atom. The van der Waals surface area contributed by atoms with Gasteiger partial charge in [0.05, 0.1) is 5.56 Å². The molecule has 1 aromatic rings. The Morgan fingerprint density at radius 2 is 2.25 bits per heavy atom. The van der Waals surface area contributed by atoms with Gasteiger partial charge in [-0.3, -0.25) is 0 Å². The van der Waals surface area contributed by atoms with Crippen LogP contribution in [0.1, 0.15) is 30.1 Å². The zero-order chi connectivity index (χ0) is 11.8. The Bertz CT molecular complexity index is 427. The fraction of sp³-hybridized carbons (Fsp3) is 0.417. The van der Waals surface area contributed by atoms with Gasteiger partial charge in [0.2, 0.25) is 0 Å². The molecule has 86 valence electrons. The van der Waals surface area contributed by atoms with E-state index in [1.807, 2.05) is 6.07 Å². The second-order valence-electron chi connectivity index (χ2n) is 4.66. The summed E-state index contributed by atoms with van der Waals surface area (Å²) in [6, 6.07) is 5.17. The zero-order valence-corrected chi connectivity index (χ0v) is 10.7. The smallest absolute Gasteiger partial charge is 0.337 e. The summed E-state index contributed by atoms with van der Waals surface area (Å²) >= 11 is 3.35. The van der Waals surface area contributed by atoms with Gasteiger partial charge in [-0.1, -0.05) is 22.9 Å². The maximum Gasteiger partial charge on any atom is 0.337 e. The molecule has 2 rings (SSSR count). The van der Waals surface area contributed by atoms with Crippen LogP contribution in [-0.2, 0) is 0 Å². The van der Waals surface area contributed by atoms with Gasteiger partial charge in [0, 0.05) is 16.7 Å². The van der Waals surface area contributed by atoms with E-state index in [9.17, 15) is 4.79 Å². The highest BCUT2D eigenvalue weighted by Crippen LogP contribution is 2.44. The third-order valence-electron chi connectivity index (χ3n) is 3.02. The van der Waals surface area contributed by atoms with E-state index in [-0.39, 0.29) is 0 Å². The average molecular weight is 284 g/mol. The average Bonchev–Trinajstić information content (AvgIpc) is 2.94. The SMILES string of the molecule is CC1(CNc2cc(Br)ccc2C(=O)O)CC1. The molecule has 1 aromatic carbocycles. The van der Waals surface area contributed by atoms with Crippen LogP contribution in [0.5, 0.6) is 0 Å². The van der Waals surface area contributed by atoms with Gasteiger partial charge in [0.1, 0.15) is 0 Å². The number of rotatable bonds is 4. The minimum absolute atomic E-state index is 0.326. The number of aromatic carboxylic acids is 1. The van der Waals surface area contributed by atoms with Crippen LogP contribution in [0, 0.1) is 5.41 Å². The lowest BCUT2D eigenvalue weighted by molar-refractivity contribution is 0.0698. The molecule has 16 heavy (non-hydrogen) atoms. The lowest BCUT2D eigenvalue weighted by atomic mass is 10.1. The Labute approximate surface area is 103 Å². The molecule has 0 amide bonds. The minimum atomic E-state index is -0.893. The largest absolute Gasteiger partial charge is 0.478 e. The molecule has 2 N–H and O–H groups in total. The molecule has 1 aliphatic carbocycles. The fourth-order valence-electron chi connectivity index (χ4n) is 1.55. The van der Waals surface area contributed by atoms with Crippen molar-refractivity contribution in [3.63, 3.8) is 0 Å². The van der Waals surface area contributed by atoms with Gasteiger partial charge in [0.25, 0.3) is 0 Å². The molecular formula is C12H14BrNO2. The van der Waals surface area contributed by atoms with Crippen molar-refractivity contribution in [2.24, 2.45) is 5.41 Å². The van der Waals surface area contributed by atoms with Crippen molar-refractivity contribution in [2.75, 3.05) is 11.9 Å². The van der Waals surface area contributed by atoms with Crippen LogP contribution in [0.15, 0.2) is 22.7 Å². The molecule has 0 heterocycles. The molecule has 3 nitrogen and oxygen atoms in total. The number of hydrogen-bond donors (Lipinski definition) is 2. The van der Waals surface area contributed by atoms with Crippen molar-refractivity contribution in [1.82, 2.24) is 0 Å². The number of carboxylic acids is 1. The molecule has 0 bridgehead atoms. The molecule has 4 heteroatoms. The molecule has 1 saturated carbocycles. The van der Waals surface area contributed by atoms with Crippen LogP contribution < -0.4 is 5.32 Å². The molecule has 1 fully saturated rings.